The first-order valence-electron chi connectivity index (χ1n) is 5.51. The van der Waals surface area contributed by atoms with Crippen LogP contribution in [0.1, 0.15) is 27.7 Å². The van der Waals surface area contributed by atoms with Crippen LogP contribution in [0, 0.1) is 5.92 Å². The van der Waals surface area contributed by atoms with Gasteiger partial charge in [-0.25, -0.2) is 4.79 Å². The van der Waals surface area contributed by atoms with Gasteiger partial charge in [-0.15, -0.1) is 0 Å². The zero-order valence-corrected chi connectivity index (χ0v) is 10.2. The Morgan fingerprint density at radius 2 is 2.00 bits per heavy atom. The Labute approximate surface area is 94.9 Å². The molecule has 0 fully saturated rings. The van der Waals surface area contributed by atoms with Crippen LogP contribution in [0.3, 0.4) is 0 Å². The number of H-pyrrole nitrogens is 1. The van der Waals surface area contributed by atoms with Crippen molar-refractivity contribution in [2.24, 2.45) is 5.92 Å². The van der Waals surface area contributed by atoms with Crippen LogP contribution in [0.2, 0.25) is 0 Å². The molecule has 0 radical (unpaired) electrons. The van der Waals surface area contributed by atoms with Crippen molar-refractivity contribution in [2.75, 3.05) is 17.2 Å². The van der Waals surface area contributed by atoms with Gasteiger partial charge in [-0.3, -0.25) is 4.98 Å². The van der Waals surface area contributed by atoms with Crippen LogP contribution in [-0.4, -0.2) is 27.5 Å². The van der Waals surface area contributed by atoms with Crippen molar-refractivity contribution in [1.82, 2.24) is 15.0 Å². The van der Waals surface area contributed by atoms with E-state index in [0.29, 0.717) is 24.4 Å². The third-order valence-corrected chi connectivity index (χ3v) is 2.35. The fraction of sp³-hybridized carbons (Fsp3) is 0.700. The molecule has 0 aromatic carbocycles. The van der Waals surface area contributed by atoms with Crippen LogP contribution >= 0.6 is 0 Å². The van der Waals surface area contributed by atoms with Crippen molar-refractivity contribution in [3.8, 4) is 0 Å². The van der Waals surface area contributed by atoms with Crippen LogP contribution in [0.4, 0.5) is 11.9 Å². The standard InChI is InChI=1S/C10H19N5O/c1-5-11-8-13-9(15-10(16)14-8)12-7(4)6(2)3/h6-7H,5H2,1-4H3,(H3,11,12,13,14,15,16). The lowest BCUT2D eigenvalue weighted by Crippen LogP contribution is -2.26. The van der Waals surface area contributed by atoms with Crippen LogP contribution in [0.15, 0.2) is 4.79 Å². The molecule has 6 nitrogen and oxygen atoms in total. The number of nitrogens with one attached hydrogen (secondary N) is 3. The van der Waals surface area contributed by atoms with Gasteiger partial charge in [-0.1, -0.05) is 13.8 Å². The molecule has 0 saturated carbocycles. The minimum absolute atomic E-state index is 0.236. The first kappa shape index (κ1) is 12.5. The Kier molecular flexibility index (Phi) is 4.28. The molecule has 1 atom stereocenters. The van der Waals surface area contributed by atoms with E-state index in [1.807, 2.05) is 13.8 Å². The van der Waals surface area contributed by atoms with Crippen LogP contribution in [-0.2, 0) is 0 Å². The van der Waals surface area contributed by atoms with Crippen molar-refractivity contribution in [2.45, 2.75) is 33.7 Å². The Hall–Kier alpha value is -1.59. The predicted molar refractivity (Wildman–Crippen MR) is 64.7 cm³/mol. The lowest BCUT2D eigenvalue weighted by molar-refractivity contribution is 0.555. The molecule has 1 unspecified atom stereocenters. The highest BCUT2D eigenvalue weighted by atomic mass is 16.1. The Morgan fingerprint density at radius 3 is 2.56 bits per heavy atom. The van der Waals surface area contributed by atoms with Gasteiger partial charge < -0.3 is 10.6 Å². The van der Waals surface area contributed by atoms with E-state index >= 15 is 0 Å². The van der Waals surface area contributed by atoms with Gasteiger partial charge in [-0.2, -0.15) is 9.97 Å². The van der Waals surface area contributed by atoms with Crippen molar-refractivity contribution in [3.05, 3.63) is 10.5 Å². The topological polar surface area (TPSA) is 82.7 Å². The largest absolute Gasteiger partial charge is 0.354 e. The molecule has 6 heteroatoms. The molecule has 0 spiro atoms. The second-order valence-corrected chi connectivity index (χ2v) is 4.03. The minimum atomic E-state index is -0.399. The Balaban J connectivity index is 2.84. The summed E-state index contributed by atoms with van der Waals surface area (Å²) in [6, 6.07) is 0.236. The molecule has 0 aliphatic carbocycles. The maximum Gasteiger partial charge on any atom is 0.350 e. The van der Waals surface area contributed by atoms with E-state index in [-0.39, 0.29) is 6.04 Å². The van der Waals surface area contributed by atoms with E-state index in [0.717, 1.165) is 0 Å². The van der Waals surface area contributed by atoms with Crippen molar-refractivity contribution in [3.63, 3.8) is 0 Å². The SMILES string of the molecule is CCNc1nc(NC(C)C(C)C)[nH]c(=O)n1. The number of rotatable bonds is 5. The molecule has 16 heavy (non-hydrogen) atoms. The van der Waals surface area contributed by atoms with E-state index in [1.54, 1.807) is 0 Å². The molecular weight excluding hydrogens is 206 g/mol. The average Bonchev–Trinajstić information content (AvgIpc) is 2.16. The summed E-state index contributed by atoms with van der Waals surface area (Å²) in [6.45, 7) is 8.85. The molecule has 0 aliphatic rings. The summed E-state index contributed by atoms with van der Waals surface area (Å²) in [7, 11) is 0. The lowest BCUT2D eigenvalue weighted by Gasteiger charge is -2.17. The summed E-state index contributed by atoms with van der Waals surface area (Å²) in [6.07, 6.45) is 0. The molecule has 1 rings (SSSR count). The summed E-state index contributed by atoms with van der Waals surface area (Å²) in [5, 5.41) is 6.04. The first-order chi connectivity index (χ1) is 7.52. The number of aromatic nitrogens is 3. The summed E-state index contributed by atoms with van der Waals surface area (Å²) in [5.74, 6) is 1.27. The zero-order valence-electron chi connectivity index (χ0n) is 10.2. The smallest absolute Gasteiger partial charge is 0.350 e. The minimum Gasteiger partial charge on any atom is -0.354 e. The summed E-state index contributed by atoms with van der Waals surface area (Å²) < 4.78 is 0. The number of anilines is 2. The molecule has 0 amide bonds. The van der Waals surface area contributed by atoms with Crippen LogP contribution in [0.25, 0.3) is 0 Å². The van der Waals surface area contributed by atoms with E-state index in [1.165, 1.54) is 0 Å². The van der Waals surface area contributed by atoms with Crippen molar-refractivity contribution in [1.29, 1.82) is 0 Å². The first-order valence-corrected chi connectivity index (χ1v) is 5.51. The molecular formula is C10H19N5O. The van der Waals surface area contributed by atoms with E-state index in [4.69, 9.17) is 0 Å². The maximum absolute atomic E-state index is 11.3. The van der Waals surface area contributed by atoms with Gasteiger partial charge in [0.1, 0.15) is 0 Å². The average molecular weight is 225 g/mol. The highest BCUT2D eigenvalue weighted by Crippen LogP contribution is 2.07. The number of hydrogen-bond donors (Lipinski definition) is 3. The number of nitrogens with zero attached hydrogens (tertiary/aromatic N) is 2. The fourth-order valence-corrected chi connectivity index (χ4v) is 1.07. The summed E-state index contributed by atoms with van der Waals surface area (Å²) >= 11 is 0. The third kappa shape index (κ3) is 3.52. The summed E-state index contributed by atoms with van der Waals surface area (Å²) in [4.78, 5) is 21.7. The molecule has 0 bridgehead atoms. The van der Waals surface area contributed by atoms with Gasteiger partial charge in [0.05, 0.1) is 0 Å². The molecule has 1 aromatic heterocycles. The number of aromatic amines is 1. The van der Waals surface area contributed by atoms with Gasteiger partial charge in [-0.05, 0) is 19.8 Å². The van der Waals surface area contributed by atoms with Gasteiger partial charge in [0.2, 0.25) is 11.9 Å². The number of hydrogen-bond acceptors (Lipinski definition) is 5. The van der Waals surface area contributed by atoms with Crippen molar-refractivity contribution < 1.29 is 0 Å². The monoisotopic (exact) mass is 225 g/mol. The Morgan fingerprint density at radius 1 is 1.31 bits per heavy atom. The summed E-state index contributed by atoms with van der Waals surface area (Å²) in [5.41, 5.74) is -0.399. The van der Waals surface area contributed by atoms with Gasteiger partial charge >= 0.3 is 5.69 Å². The second kappa shape index (κ2) is 5.48. The quantitative estimate of drug-likeness (QED) is 0.697. The second-order valence-electron chi connectivity index (χ2n) is 4.03. The molecule has 90 valence electrons. The van der Waals surface area contributed by atoms with Gasteiger partial charge in [0.15, 0.2) is 0 Å². The fourth-order valence-electron chi connectivity index (χ4n) is 1.07. The molecule has 0 aliphatic heterocycles. The maximum atomic E-state index is 11.3. The van der Waals surface area contributed by atoms with Gasteiger partial charge in [0.25, 0.3) is 0 Å². The predicted octanol–water partition coefficient (Wildman–Crippen LogP) is 1.05. The third-order valence-electron chi connectivity index (χ3n) is 2.35. The van der Waals surface area contributed by atoms with Crippen LogP contribution in [0.5, 0.6) is 0 Å². The molecule has 1 heterocycles. The van der Waals surface area contributed by atoms with E-state index < -0.39 is 5.69 Å². The normalized spacial score (nSPS) is 12.6. The van der Waals surface area contributed by atoms with Crippen LogP contribution < -0.4 is 16.3 Å². The Bertz CT molecular complexity index is 387. The molecule has 3 N–H and O–H groups in total. The van der Waals surface area contributed by atoms with Crippen molar-refractivity contribution >= 4 is 11.9 Å². The highest BCUT2D eigenvalue weighted by molar-refractivity contribution is 5.33. The molecule has 0 saturated heterocycles. The zero-order chi connectivity index (χ0) is 12.1. The lowest BCUT2D eigenvalue weighted by atomic mass is 10.1. The van der Waals surface area contributed by atoms with E-state index in [9.17, 15) is 4.79 Å². The van der Waals surface area contributed by atoms with Gasteiger partial charge in [0, 0.05) is 12.6 Å². The molecule has 1 aromatic rings. The highest BCUT2D eigenvalue weighted by Gasteiger charge is 2.09. The van der Waals surface area contributed by atoms with E-state index in [2.05, 4.69) is 39.4 Å².